The van der Waals surface area contributed by atoms with Crippen molar-refractivity contribution in [1.82, 2.24) is 9.03 Å². The Morgan fingerprint density at radius 1 is 0.933 bits per heavy atom. The Hall–Kier alpha value is -0.930. The van der Waals surface area contributed by atoms with Crippen LogP contribution in [0.1, 0.15) is 70.6 Å². The molecule has 1 saturated carbocycles. The SMILES string of the molecule is O=C(O)C1CCC(NS(=O)(=O)c2ccc(N3CCC(CCCCC4CCN(S(=O)(=O)c5cc(Br)c(Cl)s5)CC4)CC3)c(Cl)c2)C1. The minimum Gasteiger partial charge on any atom is -0.481 e. The maximum atomic E-state index is 13.0. The lowest BCUT2D eigenvalue weighted by Gasteiger charge is -2.34. The molecular formula is C30H40BrCl2N3O6S3. The normalized spacial score (nSPS) is 22.7. The fourth-order valence-electron chi connectivity index (χ4n) is 6.86. The first-order valence-corrected chi connectivity index (χ1v) is 20.9. The first-order valence-electron chi connectivity index (χ1n) is 15.6. The number of carbonyl (C=O) groups is 1. The summed E-state index contributed by atoms with van der Waals surface area (Å²) in [5.41, 5.74) is 0.837. The molecule has 0 spiro atoms. The van der Waals surface area contributed by atoms with Gasteiger partial charge in [0.15, 0.2) is 0 Å². The van der Waals surface area contributed by atoms with Crippen LogP contribution in [0.4, 0.5) is 5.69 Å². The summed E-state index contributed by atoms with van der Waals surface area (Å²) >= 11 is 17.0. The molecule has 1 aliphatic carbocycles. The molecule has 2 aliphatic heterocycles. The van der Waals surface area contributed by atoms with Gasteiger partial charge in [0.05, 0.1) is 21.5 Å². The van der Waals surface area contributed by atoms with Gasteiger partial charge in [-0.25, -0.2) is 21.6 Å². The zero-order valence-corrected chi connectivity index (χ0v) is 30.5. The summed E-state index contributed by atoms with van der Waals surface area (Å²) in [6, 6.07) is 6.05. The van der Waals surface area contributed by atoms with Crippen LogP contribution in [0.25, 0.3) is 0 Å². The van der Waals surface area contributed by atoms with E-state index in [-0.39, 0.29) is 10.9 Å². The molecule has 2 aromatic rings. The van der Waals surface area contributed by atoms with Gasteiger partial charge in [-0.15, -0.1) is 11.3 Å². The van der Waals surface area contributed by atoms with Gasteiger partial charge < -0.3 is 10.0 Å². The first kappa shape index (κ1) is 35.4. The third-order valence-electron chi connectivity index (χ3n) is 9.55. The van der Waals surface area contributed by atoms with E-state index >= 15 is 0 Å². The number of aliphatic carboxylic acids is 1. The van der Waals surface area contributed by atoms with Gasteiger partial charge in [-0.3, -0.25) is 4.79 Å². The smallest absolute Gasteiger partial charge is 0.306 e. The van der Waals surface area contributed by atoms with Crippen LogP contribution in [0.2, 0.25) is 9.36 Å². The lowest BCUT2D eigenvalue weighted by Crippen LogP contribution is -2.38. The number of hydrogen-bond donors (Lipinski definition) is 2. The van der Waals surface area contributed by atoms with E-state index in [0.29, 0.717) is 62.2 Å². The standard InChI is InChI=1S/C30H40BrCl2N3O6S3/c31-25-19-28(43-29(25)33)45(41,42)36-15-11-21(12-16-36)4-2-1-3-20-9-13-35(14-10-20)27-8-7-24(18-26(27)32)44(39,40)34-23-6-5-22(17-23)30(37)38/h7-8,18-23,34H,1-6,9-17H2,(H,37,38). The number of benzene rings is 1. The number of carboxylic acids is 1. The lowest BCUT2D eigenvalue weighted by atomic mass is 9.88. The Bertz CT molecular complexity index is 1550. The number of hydrogen-bond acceptors (Lipinski definition) is 7. The monoisotopic (exact) mass is 783 g/mol. The lowest BCUT2D eigenvalue weighted by molar-refractivity contribution is -0.141. The van der Waals surface area contributed by atoms with E-state index in [1.54, 1.807) is 22.5 Å². The number of anilines is 1. The third kappa shape index (κ3) is 8.76. The number of sulfonamides is 2. The number of carboxylic acid groups (broad SMARTS) is 1. The van der Waals surface area contributed by atoms with E-state index in [0.717, 1.165) is 68.6 Å². The number of nitrogens with one attached hydrogen (secondary N) is 1. The van der Waals surface area contributed by atoms with Crippen LogP contribution in [-0.2, 0) is 24.8 Å². The van der Waals surface area contributed by atoms with Gasteiger partial charge in [-0.1, -0.05) is 48.9 Å². The minimum atomic E-state index is -3.79. The Morgan fingerprint density at radius 2 is 1.56 bits per heavy atom. The zero-order valence-electron chi connectivity index (χ0n) is 25.0. The Kier molecular flexibility index (Phi) is 11.9. The van der Waals surface area contributed by atoms with Crippen LogP contribution < -0.4 is 9.62 Å². The average Bonchev–Trinajstić information content (AvgIpc) is 3.62. The maximum absolute atomic E-state index is 13.0. The summed E-state index contributed by atoms with van der Waals surface area (Å²) in [5.74, 6) is -0.189. The molecule has 2 N–H and O–H groups in total. The van der Waals surface area contributed by atoms with Crippen molar-refractivity contribution >= 4 is 82.2 Å². The highest BCUT2D eigenvalue weighted by Crippen LogP contribution is 2.38. The summed E-state index contributed by atoms with van der Waals surface area (Å²) < 4.78 is 57.4. The van der Waals surface area contributed by atoms with E-state index in [1.807, 2.05) is 0 Å². The van der Waals surface area contributed by atoms with E-state index in [1.165, 1.54) is 18.9 Å². The summed E-state index contributed by atoms with van der Waals surface area (Å²) in [4.78, 5) is 13.5. The maximum Gasteiger partial charge on any atom is 0.306 e. The number of thiophene rings is 1. The van der Waals surface area contributed by atoms with Crippen LogP contribution >= 0.6 is 50.5 Å². The molecule has 1 aromatic heterocycles. The highest BCUT2D eigenvalue weighted by Gasteiger charge is 2.33. The van der Waals surface area contributed by atoms with Gasteiger partial charge in [0.25, 0.3) is 10.0 Å². The second kappa shape index (κ2) is 15.1. The second-order valence-corrected chi connectivity index (χ2v) is 19.3. The number of nitrogens with zero attached hydrogens (tertiary/aromatic N) is 2. The molecule has 1 aromatic carbocycles. The van der Waals surface area contributed by atoms with E-state index in [9.17, 15) is 26.7 Å². The number of piperidine rings is 2. The Morgan fingerprint density at radius 3 is 2.09 bits per heavy atom. The van der Waals surface area contributed by atoms with Crippen LogP contribution in [0.5, 0.6) is 0 Å². The third-order valence-corrected chi connectivity index (χ3v) is 16.2. The highest BCUT2D eigenvalue weighted by molar-refractivity contribution is 9.10. The largest absolute Gasteiger partial charge is 0.481 e. The molecule has 250 valence electrons. The molecule has 0 amide bonds. The highest BCUT2D eigenvalue weighted by atomic mass is 79.9. The zero-order chi connectivity index (χ0) is 32.4. The van der Waals surface area contributed by atoms with Crippen LogP contribution in [-0.4, -0.2) is 64.4 Å². The molecule has 2 saturated heterocycles. The predicted octanol–water partition coefficient (Wildman–Crippen LogP) is 7.23. The van der Waals surface area contributed by atoms with Crippen molar-refractivity contribution in [3.8, 4) is 0 Å². The van der Waals surface area contributed by atoms with Crippen molar-refractivity contribution in [3.05, 3.63) is 38.1 Å². The number of unbranched alkanes of at least 4 members (excludes halogenated alkanes) is 1. The fourth-order valence-corrected chi connectivity index (χ4v) is 12.5. The van der Waals surface area contributed by atoms with E-state index in [2.05, 4.69) is 25.6 Å². The molecule has 5 rings (SSSR count). The first-order chi connectivity index (χ1) is 21.3. The Labute approximate surface area is 288 Å². The molecular weight excluding hydrogens is 745 g/mol. The van der Waals surface area contributed by atoms with Gasteiger partial charge in [0.1, 0.15) is 8.55 Å². The molecule has 2 atom stereocenters. The van der Waals surface area contributed by atoms with E-state index < -0.39 is 31.9 Å². The number of rotatable bonds is 12. The molecule has 3 heterocycles. The predicted molar refractivity (Wildman–Crippen MR) is 182 cm³/mol. The summed E-state index contributed by atoms with van der Waals surface area (Å²) in [5, 5.41) is 9.60. The average molecular weight is 786 g/mol. The van der Waals surface area contributed by atoms with Crippen LogP contribution in [0.15, 0.2) is 37.8 Å². The van der Waals surface area contributed by atoms with Gasteiger partial charge in [0, 0.05) is 36.7 Å². The van der Waals surface area contributed by atoms with Gasteiger partial charge >= 0.3 is 5.97 Å². The van der Waals surface area contributed by atoms with Gasteiger partial charge in [0.2, 0.25) is 10.0 Å². The summed E-state index contributed by atoms with van der Waals surface area (Å²) in [6.45, 7) is 2.84. The minimum absolute atomic E-state index is 0.0953. The molecule has 45 heavy (non-hydrogen) atoms. The topological polar surface area (TPSA) is 124 Å². The quantitative estimate of drug-likeness (QED) is 0.218. The summed E-state index contributed by atoms with van der Waals surface area (Å²) in [7, 11) is -7.29. The van der Waals surface area contributed by atoms with Crippen molar-refractivity contribution in [1.29, 1.82) is 0 Å². The van der Waals surface area contributed by atoms with Crippen LogP contribution in [0.3, 0.4) is 0 Å². The van der Waals surface area contributed by atoms with Crippen molar-refractivity contribution in [2.75, 3.05) is 31.1 Å². The molecule has 3 fully saturated rings. The van der Waals surface area contributed by atoms with Crippen LogP contribution in [0, 0.1) is 17.8 Å². The van der Waals surface area contributed by atoms with Crippen molar-refractivity contribution in [2.45, 2.75) is 85.8 Å². The molecule has 0 bridgehead atoms. The molecule has 2 unspecified atom stereocenters. The molecule has 9 nitrogen and oxygen atoms in total. The molecule has 3 aliphatic rings. The van der Waals surface area contributed by atoms with E-state index in [4.69, 9.17) is 23.2 Å². The van der Waals surface area contributed by atoms with Crippen molar-refractivity contribution in [3.63, 3.8) is 0 Å². The fraction of sp³-hybridized carbons (Fsp3) is 0.633. The van der Waals surface area contributed by atoms with Gasteiger partial charge in [-0.2, -0.15) is 4.31 Å². The van der Waals surface area contributed by atoms with Crippen molar-refractivity contribution in [2.24, 2.45) is 17.8 Å². The number of halogens is 3. The summed E-state index contributed by atoms with van der Waals surface area (Å²) in [6.07, 6.45) is 9.80. The molecule has 15 heteroatoms. The second-order valence-electron chi connectivity index (χ2n) is 12.5. The van der Waals surface area contributed by atoms with Gasteiger partial charge in [-0.05, 0) is 97.0 Å². The Balaban J connectivity index is 1.01. The van der Waals surface area contributed by atoms with Crippen molar-refractivity contribution < 1.29 is 26.7 Å². The molecule has 0 radical (unpaired) electrons.